The van der Waals surface area contributed by atoms with E-state index in [1.54, 1.807) is 0 Å². The van der Waals surface area contributed by atoms with Crippen LogP contribution in [0.2, 0.25) is 0 Å². The van der Waals surface area contributed by atoms with Crippen LogP contribution >= 0.6 is 0 Å². The highest BCUT2D eigenvalue weighted by atomic mass is 16.3. The third kappa shape index (κ3) is 2.68. The minimum absolute atomic E-state index is 0.380. The van der Waals surface area contributed by atoms with Gasteiger partial charge in [-0.3, -0.25) is 4.99 Å². The molecule has 2 bridgehead atoms. The van der Waals surface area contributed by atoms with E-state index in [0.717, 1.165) is 23.0 Å². The van der Waals surface area contributed by atoms with Gasteiger partial charge in [-0.1, -0.05) is 31.4 Å². The summed E-state index contributed by atoms with van der Waals surface area (Å²) in [7, 11) is 0. The molecule has 1 aromatic rings. The minimum atomic E-state index is 0.380. The highest BCUT2D eigenvalue weighted by molar-refractivity contribution is 5.84. The Morgan fingerprint density at radius 2 is 2.11 bits per heavy atom. The number of fused-ring (bicyclic) bond motifs is 4. The molecule has 3 fully saturated rings. The molecular formula is C17H23NO. The Morgan fingerprint density at radius 3 is 3.00 bits per heavy atom. The van der Waals surface area contributed by atoms with E-state index >= 15 is 0 Å². The first kappa shape index (κ1) is 12.7. The molecule has 19 heavy (non-hydrogen) atoms. The van der Waals surface area contributed by atoms with Gasteiger partial charge >= 0.3 is 0 Å². The Hall–Kier alpha value is -1.31. The lowest BCUT2D eigenvalue weighted by atomic mass is 9.80. The number of aryl methyl sites for hydroxylation is 1. The molecule has 2 heteroatoms. The van der Waals surface area contributed by atoms with Gasteiger partial charge in [0, 0.05) is 11.8 Å². The predicted octanol–water partition coefficient (Wildman–Crippen LogP) is 4.09. The fourth-order valence-corrected chi connectivity index (χ4v) is 3.71. The molecule has 0 aliphatic heterocycles. The lowest BCUT2D eigenvalue weighted by Gasteiger charge is -2.29. The van der Waals surface area contributed by atoms with Crippen LogP contribution in [-0.2, 0) is 0 Å². The molecule has 0 heterocycles. The normalized spacial score (nSPS) is 30.7. The summed E-state index contributed by atoms with van der Waals surface area (Å²) in [6.07, 6.45) is 10.0. The second-order valence-electron chi connectivity index (χ2n) is 6.23. The fourth-order valence-electron chi connectivity index (χ4n) is 3.71. The Labute approximate surface area is 115 Å². The van der Waals surface area contributed by atoms with Crippen molar-refractivity contribution in [3.63, 3.8) is 0 Å². The molecule has 2 nitrogen and oxygen atoms in total. The second-order valence-corrected chi connectivity index (χ2v) is 6.23. The van der Waals surface area contributed by atoms with E-state index in [2.05, 4.69) is 0 Å². The summed E-state index contributed by atoms with van der Waals surface area (Å²) in [5.41, 5.74) is 1.78. The summed E-state index contributed by atoms with van der Waals surface area (Å²) < 4.78 is 0. The van der Waals surface area contributed by atoms with Gasteiger partial charge < -0.3 is 5.11 Å². The van der Waals surface area contributed by atoms with Crippen molar-refractivity contribution >= 4 is 6.21 Å². The molecule has 0 spiro atoms. The maximum Gasteiger partial charge on any atom is 0.127 e. The Balaban J connectivity index is 1.77. The van der Waals surface area contributed by atoms with Crippen LogP contribution in [0.5, 0.6) is 5.75 Å². The Morgan fingerprint density at radius 1 is 1.21 bits per heavy atom. The first-order valence-corrected chi connectivity index (χ1v) is 7.56. The maximum absolute atomic E-state index is 10.0. The number of benzene rings is 1. The molecule has 0 amide bonds. The number of aromatic hydroxyl groups is 1. The van der Waals surface area contributed by atoms with Crippen molar-refractivity contribution in [3.05, 3.63) is 29.3 Å². The van der Waals surface area contributed by atoms with Crippen molar-refractivity contribution in [1.82, 2.24) is 0 Å². The number of phenols is 1. The van der Waals surface area contributed by atoms with Gasteiger partial charge in [0.15, 0.2) is 0 Å². The predicted molar refractivity (Wildman–Crippen MR) is 78.9 cm³/mol. The van der Waals surface area contributed by atoms with Crippen LogP contribution in [0.4, 0.5) is 0 Å². The maximum atomic E-state index is 10.0. The largest absolute Gasteiger partial charge is 0.507 e. The van der Waals surface area contributed by atoms with Gasteiger partial charge in [0.2, 0.25) is 0 Å². The lowest BCUT2D eigenvalue weighted by Crippen LogP contribution is -2.25. The van der Waals surface area contributed by atoms with E-state index in [9.17, 15) is 5.11 Å². The molecule has 3 unspecified atom stereocenters. The van der Waals surface area contributed by atoms with E-state index in [0.29, 0.717) is 11.8 Å². The molecule has 4 rings (SSSR count). The average Bonchev–Trinajstić information content (AvgIpc) is 2.75. The van der Waals surface area contributed by atoms with Gasteiger partial charge in [0.25, 0.3) is 0 Å². The second kappa shape index (κ2) is 5.36. The molecule has 0 aromatic heterocycles. The number of aliphatic imine (C=N–C) groups is 1. The van der Waals surface area contributed by atoms with Crippen LogP contribution in [-0.4, -0.2) is 17.4 Å². The van der Waals surface area contributed by atoms with E-state index in [1.807, 2.05) is 31.3 Å². The van der Waals surface area contributed by atoms with Gasteiger partial charge in [0.1, 0.15) is 5.75 Å². The molecule has 3 aliphatic rings. The zero-order valence-electron chi connectivity index (χ0n) is 11.7. The average molecular weight is 257 g/mol. The highest BCUT2D eigenvalue weighted by Crippen LogP contribution is 2.40. The smallest absolute Gasteiger partial charge is 0.127 e. The van der Waals surface area contributed by atoms with Crippen molar-refractivity contribution in [2.75, 3.05) is 0 Å². The first-order valence-electron chi connectivity index (χ1n) is 7.56. The summed E-state index contributed by atoms with van der Waals surface area (Å²) in [5.74, 6) is 2.05. The van der Waals surface area contributed by atoms with Crippen LogP contribution in [0.15, 0.2) is 23.2 Å². The van der Waals surface area contributed by atoms with Gasteiger partial charge in [-0.25, -0.2) is 0 Å². The third-order valence-corrected chi connectivity index (χ3v) is 4.93. The van der Waals surface area contributed by atoms with Crippen LogP contribution in [0, 0.1) is 18.8 Å². The minimum Gasteiger partial charge on any atom is -0.507 e. The third-order valence-electron chi connectivity index (χ3n) is 4.93. The van der Waals surface area contributed by atoms with E-state index in [4.69, 9.17) is 4.99 Å². The summed E-state index contributed by atoms with van der Waals surface area (Å²) in [6, 6.07) is 6.35. The van der Waals surface area contributed by atoms with Crippen LogP contribution in [0.25, 0.3) is 0 Å². The van der Waals surface area contributed by atoms with Crippen LogP contribution in [0.3, 0.4) is 0 Å². The van der Waals surface area contributed by atoms with Gasteiger partial charge in [-0.2, -0.15) is 0 Å². The lowest BCUT2D eigenvalue weighted by molar-refractivity contribution is 0.268. The number of phenolic OH excluding ortho intramolecular Hbond substituents is 1. The van der Waals surface area contributed by atoms with Crippen molar-refractivity contribution < 1.29 is 5.11 Å². The summed E-state index contributed by atoms with van der Waals surface area (Å²) in [5, 5.41) is 10.0. The molecule has 3 atom stereocenters. The summed E-state index contributed by atoms with van der Waals surface area (Å²) in [4.78, 5) is 4.81. The van der Waals surface area contributed by atoms with Crippen molar-refractivity contribution in [3.8, 4) is 5.75 Å². The summed E-state index contributed by atoms with van der Waals surface area (Å²) >= 11 is 0. The fraction of sp³-hybridized carbons (Fsp3) is 0.588. The monoisotopic (exact) mass is 257 g/mol. The van der Waals surface area contributed by atoms with Crippen molar-refractivity contribution in [1.29, 1.82) is 0 Å². The highest BCUT2D eigenvalue weighted by Gasteiger charge is 2.32. The van der Waals surface area contributed by atoms with Crippen molar-refractivity contribution in [2.45, 2.75) is 51.5 Å². The number of para-hydroxylation sites is 1. The Bertz CT molecular complexity index is 476. The quantitative estimate of drug-likeness (QED) is 0.795. The number of hydrogen-bond donors (Lipinski definition) is 1. The zero-order chi connectivity index (χ0) is 13.2. The molecule has 3 aliphatic carbocycles. The zero-order valence-corrected chi connectivity index (χ0v) is 11.7. The molecule has 0 saturated heterocycles. The molecule has 102 valence electrons. The van der Waals surface area contributed by atoms with Gasteiger partial charge in [-0.05, 0) is 49.7 Å². The van der Waals surface area contributed by atoms with E-state index in [1.165, 1.54) is 38.5 Å². The van der Waals surface area contributed by atoms with Crippen LogP contribution in [0.1, 0.15) is 49.7 Å². The van der Waals surface area contributed by atoms with E-state index < -0.39 is 0 Å². The molecular weight excluding hydrogens is 234 g/mol. The van der Waals surface area contributed by atoms with Gasteiger partial charge in [-0.15, -0.1) is 0 Å². The van der Waals surface area contributed by atoms with Crippen LogP contribution < -0.4 is 0 Å². The molecule has 3 saturated carbocycles. The number of hydrogen-bond acceptors (Lipinski definition) is 2. The SMILES string of the molecule is Cc1cccc(C=NC2CC3CCCC2CC3)c1O. The standard InChI is InChI=1S/C17H23NO/c1-12-4-2-7-15(17(12)19)11-18-16-10-13-5-3-6-14(16)9-8-13/h2,4,7,11,13-14,16,19H,3,5-6,8-10H2,1H3. The first-order chi connectivity index (χ1) is 9.24. The molecule has 1 aromatic carbocycles. The number of nitrogens with zero attached hydrogens (tertiary/aromatic N) is 1. The topological polar surface area (TPSA) is 32.6 Å². The number of rotatable bonds is 2. The molecule has 0 radical (unpaired) electrons. The van der Waals surface area contributed by atoms with Crippen molar-refractivity contribution in [2.24, 2.45) is 16.8 Å². The Kier molecular flexibility index (Phi) is 3.58. The summed E-state index contributed by atoms with van der Waals surface area (Å²) in [6.45, 7) is 1.93. The van der Waals surface area contributed by atoms with E-state index in [-0.39, 0.29) is 0 Å². The van der Waals surface area contributed by atoms with Gasteiger partial charge in [0.05, 0.1) is 6.04 Å². The molecule has 1 N–H and O–H groups in total.